The first-order valence-electron chi connectivity index (χ1n) is 8.34. The van der Waals surface area contributed by atoms with Crippen LogP contribution in [0.25, 0.3) is 0 Å². The van der Waals surface area contributed by atoms with Gasteiger partial charge < -0.3 is 14.8 Å². The van der Waals surface area contributed by atoms with Crippen molar-refractivity contribution in [1.29, 1.82) is 0 Å². The lowest BCUT2D eigenvalue weighted by molar-refractivity contribution is -0.131. The molecule has 2 heterocycles. The molecule has 3 amide bonds. The number of hydrazone groups is 1. The molecule has 1 N–H and O–H groups in total. The zero-order valence-corrected chi connectivity index (χ0v) is 15.2. The Hall–Kier alpha value is -3.06. The lowest BCUT2D eigenvalue weighted by Gasteiger charge is -2.21. The molecule has 1 atom stereocenters. The maximum atomic E-state index is 12.8. The SMILES string of the molecule is C[C@]1(c2ccccc2)NC(=O)N(/N=C\c2cc(Cl)c3c(c2)OCCO3)C1=O. The van der Waals surface area contributed by atoms with E-state index in [1.54, 1.807) is 31.2 Å². The van der Waals surface area contributed by atoms with Crippen molar-refractivity contribution in [2.75, 3.05) is 13.2 Å². The predicted molar refractivity (Wildman–Crippen MR) is 99.2 cm³/mol. The molecule has 0 radical (unpaired) electrons. The van der Waals surface area contributed by atoms with Gasteiger partial charge in [-0.3, -0.25) is 4.79 Å². The van der Waals surface area contributed by atoms with Gasteiger partial charge in [0.05, 0.1) is 11.2 Å². The van der Waals surface area contributed by atoms with Crippen molar-refractivity contribution in [3.8, 4) is 11.5 Å². The third-order valence-corrected chi connectivity index (χ3v) is 4.74. The standard InChI is InChI=1S/C19H16ClN3O4/c1-19(13-5-3-2-4-6-13)17(24)23(18(25)22-19)21-11-12-9-14(20)16-15(10-12)26-7-8-27-16/h2-6,9-11H,7-8H2,1H3,(H,22,25)/b21-11-/t19-/m1/s1. The van der Waals surface area contributed by atoms with Crippen LogP contribution in [0.3, 0.4) is 0 Å². The molecule has 0 aromatic heterocycles. The highest BCUT2D eigenvalue weighted by Gasteiger charge is 2.49. The average molecular weight is 386 g/mol. The van der Waals surface area contributed by atoms with Gasteiger partial charge in [0.2, 0.25) is 0 Å². The first-order chi connectivity index (χ1) is 13.0. The summed E-state index contributed by atoms with van der Waals surface area (Å²) in [5, 5.41) is 7.95. The second-order valence-corrected chi connectivity index (χ2v) is 6.72. The van der Waals surface area contributed by atoms with E-state index in [4.69, 9.17) is 21.1 Å². The Balaban J connectivity index is 1.60. The minimum Gasteiger partial charge on any atom is -0.486 e. The summed E-state index contributed by atoms with van der Waals surface area (Å²) in [6.07, 6.45) is 1.39. The largest absolute Gasteiger partial charge is 0.486 e. The van der Waals surface area contributed by atoms with Gasteiger partial charge in [-0.1, -0.05) is 41.9 Å². The molecule has 2 aliphatic heterocycles. The molecule has 2 aliphatic rings. The fourth-order valence-electron chi connectivity index (χ4n) is 3.03. The van der Waals surface area contributed by atoms with Gasteiger partial charge in [-0.15, -0.1) is 5.01 Å². The number of ether oxygens (including phenoxy) is 2. The molecule has 2 aromatic rings. The number of amides is 3. The topological polar surface area (TPSA) is 80.2 Å². The fraction of sp³-hybridized carbons (Fsp3) is 0.211. The molecule has 4 rings (SSSR count). The van der Waals surface area contributed by atoms with E-state index in [1.165, 1.54) is 6.21 Å². The van der Waals surface area contributed by atoms with Crippen molar-refractivity contribution in [3.05, 3.63) is 58.6 Å². The van der Waals surface area contributed by atoms with Crippen LogP contribution in [0.15, 0.2) is 47.6 Å². The summed E-state index contributed by atoms with van der Waals surface area (Å²) in [6, 6.07) is 11.8. The maximum absolute atomic E-state index is 12.8. The molecule has 2 aromatic carbocycles. The molecule has 0 bridgehead atoms. The lowest BCUT2D eigenvalue weighted by Crippen LogP contribution is -2.40. The summed E-state index contributed by atoms with van der Waals surface area (Å²) in [5.41, 5.74) is 0.0988. The Morgan fingerprint density at radius 3 is 2.70 bits per heavy atom. The van der Waals surface area contributed by atoms with Crippen LogP contribution in [-0.2, 0) is 10.3 Å². The van der Waals surface area contributed by atoms with Crippen molar-refractivity contribution in [1.82, 2.24) is 10.3 Å². The van der Waals surface area contributed by atoms with E-state index in [2.05, 4.69) is 10.4 Å². The summed E-state index contributed by atoms with van der Waals surface area (Å²) in [4.78, 5) is 25.1. The minimum absolute atomic E-state index is 0.375. The highest BCUT2D eigenvalue weighted by Crippen LogP contribution is 2.38. The van der Waals surface area contributed by atoms with Gasteiger partial charge in [-0.2, -0.15) is 5.10 Å². The van der Waals surface area contributed by atoms with E-state index >= 15 is 0 Å². The number of nitrogens with one attached hydrogen (secondary N) is 1. The van der Waals surface area contributed by atoms with Crippen LogP contribution in [0.2, 0.25) is 5.02 Å². The Labute approximate surface area is 160 Å². The van der Waals surface area contributed by atoms with Crippen molar-refractivity contribution < 1.29 is 19.1 Å². The van der Waals surface area contributed by atoms with Crippen LogP contribution in [-0.4, -0.2) is 36.4 Å². The van der Waals surface area contributed by atoms with E-state index in [0.717, 1.165) is 5.01 Å². The summed E-state index contributed by atoms with van der Waals surface area (Å²) < 4.78 is 11.0. The molecule has 0 aliphatic carbocycles. The predicted octanol–water partition coefficient (Wildman–Crippen LogP) is 2.91. The van der Waals surface area contributed by atoms with Crippen molar-refractivity contribution in [3.63, 3.8) is 0 Å². The molecular weight excluding hydrogens is 370 g/mol. The zero-order valence-electron chi connectivity index (χ0n) is 14.4. The zero-order chi connectivity index (χ0) is 19.0. The Kier molecular flexibility index (Phi) is 4.24. The van der Waals surface area contributed by atoms with Crippen molar-refractivity contribution in [2.45, 2.75) is 12.5 Å². The summed E-state index contributed by atoms with van der Waals surface area (Å²) >= 11 is 6.20. The lowest BCUT2D eigenvalue weighted by atomic mass is 9.92. The van der Waals surface area contributed by atoms with Crippen molar-refractivity contribution in [2.24, 2.45) is 5.10 Å². The number of halogens is 1. The molecule has 7 nitrogen and oxygen atoms in total. The van der Waals surface area contributed by atoms with E-state index in [-0.39, 0.29) is 0 Å². The molecule has 8 heteroatoms. The number of urea groups is 1. The smallest absolute Gasteiger partial charge is 0.346 e. The van der Waals surface area contributed by atoms with Gasteiger partial charge in [0, 0.05) is 0 Å². The first-order valence-corrected chi connectivity index (χ1v) is 8.72. The van der Waals surface area contributed by atoms with Gasteiger partial charge in [-0.05, 0) is 30.2 Å². The van der Waals surface area contributed by atoms with Crippen LogP contribution < -0.4 is 14.8 Å². The monoisotopic (exact) mass is 385 g/mol. The molecule has 1 fully saturated rings. The molecule has 0 saturated carbocycles. The number of hydrogen-bond donors (Lipinski definition) is 1. The third-order valence-electron chi connectivity index (χ3n) is 4.46. The fourth-order valence-corrected chi connectivity index (χ4v) is 3.30. The Morgan fingerprint density at radius 2 is 1.93 bits per heavy atom. The van der Waals surface area contributed by atoms with Crippen LogP contribution in [0, 0.1) is 0 Å². The molecule has 0 unspecified atom stereocenters. The molecule has 27 heavy (non-hydrogen) atoms. The van der Waals surface area contributed by atoms with Crippen LogP contribution in [0.4, 0.5) is 4.79 Å². The Bertz CT molecular complexity index is 947. The van der Waals surface area contributed by atoms with E-state index in [0.29, 0.717) is 40.9 Å². The molecule has 1 saturated heterocycles. The molecule has 138 valence electrons. The van der Waals surface area contributed by atoms with Gasteiger partial charge in [0.1, 0.15) is 18.8 Å². The average Bonchev–Trinajstić information content (AvgIpc) is 2.90. The quantitative estimate of drug-likeness (QED) is 0.650. The summed E-state index contributed by atoms with van der Waals surface area (Å²) in [5.74, 6) is 0.520. The second kappa shape index (κ2) is 6.59. The number of imide groups is 1. The summed E-state index contributed by atoms with van der Waals surface area (Å²) in [7, 11) is 0. The first kappa shape index (κ1) is 17.4. The number of rotatable bonds is 3. The van der Waals surface area contributed by atoms with E-state index in [1.807, 2.05) is 18.2 Å². The highest BCUT2D eigenvalue weighted by atomic mass is 35.5. The maximum Gasteiger partial charge on any atom is 0.346 e. The number of carbonyl (C=O) groups excluding carboxylic acids is 2. The normalized spacial score (nSPS) is 21.6. The van der Waals surface area contributed by atoms with E-state index < -0.39 is 17.5 Å². The van der Waals surface area contributed by atoms with Gasteiger partial charge in [0.15, 0.2) is 11.5 Å². The van der Waals surface area contributed by atoms with Gasteiger partial charge in [0.25, 0.3) is 5.91 Å². The number of nitrogens with zero attached hydrogens (tertiary/aromatic N) is 2. The van der Waals surface area contributed by atoms with Gasteiger partial charge in [-0.25, -0.2) is 4.79 Å². The second-order valence-electron chi connectivity index (χ2n) is 6.31. The number of fused-ring (bicyclic) bond motifs is 1. The van der Waals surface area contributed by atoms with E-state index in [9.17, 15) is 9.59 Å². The minimum atomic E-state index is -1.17. The van der Waals surface area contributed by atoms with Crippen LogP contribution in [0.5, 0.6) is 11.5 Å². The number of carbonyl (C=O) groups is 2. The van der Waals surface area contributed by atoms with Crippen molar-refractivity contribution >= 4 is 29.8 Å². The number of hydrogen-bond acceptors (Lipinski definition) is 5. The van der Waals surface area contributed by atoms with Gasteiger partial charge >= 0.3 is 6.03 Å². The summed E-state index contributed by atoms with van der Waals surface area (Å²) in [6.45, 7) is 2.51. The highest BCUT2D eigenvalue weighted by molar-refractivity contribution is 6.32. The van der Waals surface area contributed by atoms with Crippen LogP contribution >= 0.6 is 11.6 Å². The Morgan fingerprint density at radius 1 is 1.19 bits per heavy atom. The number of benzene rings is 2. The molecule has 0 spiro atoms. The third kappa shape index (κ3) is 3.00. The molecular formula is C19H16ClN3O4. The van der Waals surface area contributed by atoms with Crippen LogP contribution in [0.1, 0.15) is 18.1 Å².